The Hall–Kier alpha value is -2.23. The van der Waals surface area contributed by atoms with Crippen molar-refractivity contribution in [2.45, 2.75) is 16.2 Å². The van der Waals surface area contributed by atoms with Gasteiger partial charge in [0.15, 0.2) is 0 Å². The van der Waals surface area contributed by atoms with Gasteiger partial charge in [0.1, 0.15) is 0 Å². The van der Waals surface area contributed by atoms with Crippen LogP contribution in [-0.4, -0.2) is 5.91 Å². The number of carbonyl (C=O) groups is 1. The van der Waals surface area contributed by atoms with Crippen molar-refractivity contribution < 1.29 is 4.79 Å². The maximum atomic E-state index is 13.1. The zero-order chi connectivity index (χ0) is 16.5. The summed E-state index contributed by atoms with van der Waals surface area (Å²) in [4.78, 5) is 17.0. The van der Waals surface area contributed by atoms with Crippen molar-refractivity contribution in [1.29, 1.82) is 0 Å². The van der Waals surface area contributed by atoms with Crippen LogP contribution in [0.2, 0.25) is 5.02 Å². The largest absolute Gasteiger partial charge is 0.278 e. The van der Waals surface area contributed by atoms with E-state index in [1.165, 1.54) is 0 Å². The first-order chi connectivity index (χ1) is 11.7. The standard InChI is InChI=1S/C20H14ClNOS/c21-15-10-11-19-17(13-15)22(16-8-4-5-9-18(16)24-19)20(23)12-14-6-2-1-3-7-14/h1-11,13H,12H2. The summed E-state index contributed by atoms with van der Waals surface area (Å²) >= 11 is 7.85. The van der Waals surface area contributed by atoms with Gasteiger partial charge in [0.05, 0.1) is 17.8 Å². The average molecular weight is 352 g/mol. The summed E-state index contributed by atoms with van der Waals surface area (Å²) in [7, 11) is 0. The number of halogens is 1. The Morgan fingerprint density at radius 1 is 0.875 bits per heavy atom. The van der Waals surface area contributed by atoms with E-state index in [2.05, 4.69) is 0 Å². The first-order valence-electron chi connectivity index (χ1n) is 7.66. The van der Waals surface area contributed by atoms with Crippen LogP contribution in [0.1, 0.15) is 5.56 Å². The van der Waals surface area contributed by atoms with Crippen LogP contribution in [0.4, 0.5) is 11.4 Å². The van der Waals surface area contributed by atoms with Crippen molar-refractivity contribution in [3.63, 3.8) is 0 Å². The predicted molar refractivity (Wildman–Crippen MR) is 99.3 cm³/mol. The van der Waals surface area contributed by atoms with E-state index in [0.717, 1.165) is 26.7 Å². The second-order valence-corrected chi connectivity index (χ2v) is 7.09. The summed E-state index contributed by atoms with van der Waals surface area (Å²) in [5.74, 6) is 0.0393. The molecule has 1 aliphatic rings. The smallest absolute Gasteiger partial charge is 0.236 e. The highest BCUT2D eigenvalue weighted by Gasteiger charge is 2.28. The molecule has 1 heterocycles. The van der Waals surface area contributed by atoms with Crippen molar-refractivity contribution in [2.24, 2.45) is 0 Å². The topological polar surface area (TPSA) is 20.3 Å². The molecule has 24 heavy (non-hydrogen) atoms. The van der Waals surface area contributed by atoms with Gasteiger partial charge in [-0.3, -0.25) is 9.69 Å². The SMILES string of the molecule is O=C(Cc1ccccc1)N1c2ccccc2Sc2ccc(Cl)cc21. The van der Waals surface area contributed by atoms with Crippen molar-refractivity contribution in [2.75, 3.05) is 4.90 Å². The molecule has 0 atom stereocenters. The molecule has 0 saturated heterocycles. The number of fused-ring (bicyclic) bond motifs is 2. The van der Waals surface area contributed by atoms with E-state index >= 15 is 0 Å². The summed E-state index contributed by atoms with van der Waals surface area (Å²) in [6.45, 7) is 0. The lowest BCUT2D eigenvalue weighted by atomic mass is 10.1. The highest BCUT2D eigenvalue weighted by molar-refractivity contribution is 7.99. The molecule has 0 N–H and O–H groups in total. The summed E-state index contributed by atoms with van der Waals surface area (Å²) in [6.07, 6.45) is 0.353. The second kappa shape index (κ2) is 6.34. The minimum absolute atomic E-state index is 0.0393. The minimum atomic E-state index is 0.0393. The maximum absolute atomic E-state index is 13.1. The van der Waals surface area contributed by atoms with E-state index in [9.17, 15) is 4.79 Å². The van der Waals surface area contributed by atoms with Gasteiger partial charge >= 0.3 is 0 Å². The molecule has 1 amide bonds. The van der Waals surface area contributed by atoms with Crippen LogP contribution in [-0.2, 0) is 11.2 Å². The molecule has 2 nitrogen and oxygen atoms in total. The quantitative estimate of drug-likeness (QED) is 0.589. The summed E-state index contributed by atoms with van der Waals surface area (Å²) in [6, 6.07) is 23.5. The molecule has 0 aromatic heterocycles. The lowest BCUT2D eigenvalue weighted by Crippen LogP contribution is -2.29. The minimum Gasteiger partial charge on any atom is -0.278 e. The van der Waals surface area contributed by atoms with Crippen molar-refractivity contribution in [1.82, 2.24) is 0 Å². The average Bonchev–Trinajstić information content (AvgIpc) is 2.60. The second-order valence-electron chi connectivity index (χ2n) is 5.57. The number of nitrogens with zero attached hydrogens (tertiary/aromatic N) is 1. The van der Waals surface area contributed by atoms with E-state index in [1.54, 1.807) is 16.7 Å². The zero-order valence-electron chi connectivity index (χ0n) is 12.8. The van der Waals surface area contributed by atoms with Gasteiger partial charge < -0.3 is 0 Å². The monoisotopic (exact) mass is 351 g/mol. The third-order valence-corrected chi connectivity index (χ3v) is 5.30. The molecule has 0 spiro atoms. The molecule has 3 aromatic carbocycles. The van der Waals surface area contributed by atoms with Gasteiger partial charge in [0, 0.05) is 14.8 Å². The Labute approximate surface area is 150 Å². The molecular formula is C20H14ClNOS. The predicted octanol–water partition coefficient (Wildman–Crippen LogP) is 5.71. The molecule has 0 radical (unpaired) electrons. The fraction of sp³-hybridized carbons (Fsp3) is 0.0500. The van der Waals surface area contributed by atoms with Gasteiger partial charge in [-0.2, -0.15) is 0 Å². The number of anilines is 2. The Kier molecular flexibility index (Phi) is 4.05. The summed E-state index contributed by atoms with van der Waals surface area (Å²) < 4.78 is 0. The fourth-order valence-corrected chi connectivity index (χ4v) is 4.05. The van der Waals surface area contributed by atoms with Crippen LogP contribution < -0.4 is 4.90 Å². The van der Waals surface area contributed by atoms with Crippen molar-refractivity contribution >= 4 is 40.6 Å². The zero-order valence-corrected chi connectivity index (χ0v) is 14.3. The summed E-state index contributed by atoms with van der Waals surface area (Å²) in [5, 5.41) is 0.631. The van der Waals surface area contributed by atoms with Crippen molar-refractivity contribution in [3.8, 4) is 0 Å². The van der Waals surface area contributed by atoms with Gasteiger partial charge in [-0.15, -0.1) is 0 Å². The third-order valence-electron chi connectivity index (χ3n) is 3.94. The van der Waals surface area contributed by atoms with E-state index in [0.29, 0.717) is 11.4 Å². The third kappa shape index (κ3) is 2.81. The molecule has 0 fully saturated rings. The molecular weight excluding hydrogens is 338 g/mol. The number of hydrogen-bond acceptors (Lipinski definition) is 2. The number of carbonyl (C=O) groups excluding carboxylic acids is 1. The Bertz CT molecular complexity index is 911. The Morgan fingerprint density at radius 3 is 2.42 bits per heavy atom. The number of benzene rings is 3. The van der Waals surface area contributed by atoms with E-state index in [1.807, 2.05) is 72.8 Å². The molecule has 4 heteroatoms. The highest BCUT2D eigenvalue weighted by atomic mass is 35.5. The first-order valence-corrected chi connectivity index (χ1v) is 8.85. The normalized spacial score (nSPS) is 12.5. The first kappa shape index (κ1) is 15.3. The van der Waals surface area contributed by atoms with E-state index in [4.69, 9.17) is 11.6 Å². The molecule has 1 aliphatic heterocycles. The summed E-state index contributed by atoms with van der Waals surface area (Å²) in [5.41, 5.74) is 2.77. The van der Waals surface area contributed by atoms with Gasteiger partial charge in [-0.25, -0.2) is 0 Å². The molecule has 0 aliphatic carbocycles. The fourth-order valence-electron chi connectivity index (χ4n) is 2.85. The van der Waals surface area contributed by atoms with Gasteiger partial charge in [0.2, 0.25) is 5.91 Å². The molecule has 3 aromatic rings. The van der Waals surface area contributed by atoms with Crippen LogP contribution in [0.25, 0.3) is 0 Å². The van der Waals surface area contributed by atoms with Crippen LogP contribution >= 0.6 is 23.4 Å². The maximum Gasteiger partial charge on any atom is 0.236 e. The Morgan fingerprint density at radius 2 is 1.58 bits per heavy atom. The highest BCUT2D eigenvalue weighted by Crippen LogP contribution is 2.48. The van der Waals surface area contributed by atoms with Gasteiger partial charge in [0.25, 0.3) is 0 Å². The van der Waals surface area contributed by atoms with Crippen LogP contribution in [0.15, 0.2) is 82.6 Å². The molecule has 4 rings (SSSR count). The lowest BCUT2D eigenvalue weighted by molar-refractivity contribution is -0.117. The van der Waals surface area contributed by atoms with Crippen LogP contribution in [0, 0.1) is 0 Å². The van der Waals surface area contributed by atoms with Crippen LogP contribution in [0.5, 0.6) is 0 Å². The van der Waals surface area contributed by atoms with Crippen LogP contribution in [0.3, 0.4) is 0 Å². The van der Waals surface area contributed by atoms with Gasteiger partial charge in [-0.1, -0.05) is 65.8 Å². The number of amides is 1. The molecule has 0 saturated carbocycles. The molecule has 0 unspecified atom stereocenters. The number of rotatable bonds is 2. The van der Waals surface area contributed by atoms with E-state index in [-0.39, 0.29) is 5.91 Å². The lowest BCUT2D eigenvalue weighted by Gasteiger charge is -2.31. The van der Waals surface area contributed by atoms with E-state index < -0.39 is 0 Å². The number of para-hydroxylation sites is 1. The Balaban J connectivity index is 1.79. The van der Waals surface area contributed by atoms with Gasteiger partial charge in [-0.05, 0) is 35.9 Å². The van der Waals surface area contributed by atoms with Crippen molar-refractivity contribution in [3.05, 3.63) is 83.4 Å². The number of hydrogen-bond donors (Lipinski definition) is 0. The molecule has 118 valence electrons. The molecule has 0 bridgehead atoms.